The van der Waals surface area contributed by atoms with Gasteiger partial charge < -0.3 is 10.5 Å². The van der Waals surface area contributed by atoms with E-state index in [-0.39, 0.29) is 0 Å². The molecule has 0 radical (unpaired) electrons. The summed E-state index contributed by atoms with van der Waals surface area (Å²) in [6, 6.07) is 7.94. The zero-order valence-electron chi connectivity index (χ0n) is 12.0. The fourth-order valence-corrected chi connectivity index (χ4v) is 2.70. The Balaban J connectivity index is 1.73. The fraction of sp³-hybridized carbons (Fsp3) is 0.400. The minimum Gasteiger partial charge on any atom is -0.492 e. The monoisotopic (exact) mass is 291 g/mol. The van der Waals surface area contributed by atoms with Crippen LogP contribution in [0, 0.1) is 6.92 Å². The highest BCUT2D eigenvalue weighted by atomic mass is 32.1. The van der Waals surface area contributed by atoms with Gasteiger partial charge in [0.25, 0.3) is 0 Å². The summed E-state index contributed by atoms with van der Waals surface area (Å²) in [5, 5.41) is 0. The minimum atomic E-state index is 0.567. The van der Waals surface area contributed by atoms with Crippen LogP contribution in [0.4, 0.5) is 0 Å². The summed E-state index contributed by atoms with van der Waals surface area (Å²) in [5.74, 6) is 0.893. The van der Waals surface area contributed by atoms with Gasteiger partial charge in [0.2, 0.25) is 0 Å². The summed E-state index contributed by atoms with van der Waals surface area (Å²) >= 11 is 1.71. The van der Waals surface area contributed by atoms with Crippen LogP contribution in [-0.4, -0.2) is 30.1 Å². The molecule has 0 amide bonds. The molecule has 20 heavy (non-hydrogen) atoms. The zero-order chi connectivity index (χ0) is 14.4. The predicted octanol–water partition coefficient (Wildman–Crippen LogP) is 2.42. The molecule has 108 valence electrons. The van der Waals surface area contributed by atoms with E-state index in [1.165, 1.54) is 4.88 Å². The summed E-state index contributed by atoms with van der Waals surface area (Å²) in [6.07, 6.45) is 0. The predicted molar refractivity (Wildman–Crippen MR) is 83.0 cm³/mol. The zero-order valence-corrected chi connectivity index (χ0v) is 12.8. The SMILES string of the molecule is Cc1ncsc1CN(C)CCOc1ccc(CN)cc1. The first-order valence-corrected chi connectivity index (χ1v) is 7.56. The third-order valence-corrected chi connectivity index (χ3v) is 4.08. The summed E-state index contributed by atoms with van der Waals surface area (Å²) in [7, 11) is 2.10. The highest BCUT2D eigenvalue weighted by Crippen LogP contribution is 2.14. The van der Waals surface area contributed by atoms with Crippen molar-refractivity contribution in [2.75, 3.05) is 20.2 Å². The van der Waals surface area contributed by atoms with E-state index < -0.39 is 0 Å². The average molecular weight is 291 g/mol. The Kier molecular flexibility index (Phi) is 5.52. The number of ether oxygens (including phenoxy) is 1. The van der Waals surface area contributed by atoms with Crippen LogP contribution in [0.3, 0.4) is 0 Å². The van der Waals surface area contributed by atoms with Gasteiger partial charge in [-0.05, 0) is 31.7 Å². The lowest BCUT2D eigenvalue weighted by atomic mass is 10.2. The largest absolute Gasteiger partial charge is 0.492 e. The lowest BCUT2D eigenvalue weighted by Gasteiger charge is -2.16. The summed E-state index contributed by atoms with van der Waals surface area (Å²) in [6.45, 7) is 5.10. The fourth-order valence-electron chi connectivity index (χ4n) is 1.84. The van der Waals surface area contributed by atoms with Crippen molar-refractivity contribution in [3.05, 3.63) is 45.9 Å². The van der Waals surface area contributed by atoms with Gasteiger partial charge in [0, 0.05) is 24.5 Å². The molecule has 2 rings (SSSR count). The van der Waals surface area contributed by atoms with E-state index in [0.717, 1.165) is 30.1 Å². The van der Waals surface area contributed by atoms with Crippen molar-refractivity contribution in [1.82, 2.24) is 9.88 Å². The number of hydrogen-bond donors (Lipinski definition) is 1. The summed E-state index contributed by atoms with van der Waals surface area (Å²) in [5.41, 5.74) is 9.71. The van der Waals surface area contributed by atoms with Crippen LogP contribution in [0.5, 0.6) is 5.75 Å². The Morgan fingerprint density at radius 1 is 1.30 bits per heavy atom. The Hall–Kier alpha value is -1.43. The molecule has 0 saturated carbocycles. The third-order valence-electron chi connectivity index (χ3n) is 3.16. The molecule has 2 N–H and O–H groups in total. The Morgan fingerprint density at radius 2 is 2.05 bits per heavy atom. The van der Waals surface area contributed by atoms with Crippen molar-refractivity contribution in [2.45, 2.75) is 20.0 Å². The maximum Gasteiger partial charge on any atom is 0.119 e. The first-order chi connectivity index (χ1) is 9.69. The molecule has 5 heteroatoms. The van der Waals surface area contributed by atoms with Crippen LogP contribution in [0.1, 0.15) is 16.1 Å². The molecule has 0 spiro atoms. The molecule has 0 fully saturated rings. The average Bonchev–Trinajstić information content (AvgIpc) is 2.85. The lowest BCUT2D eigenvalue weighted by Crippen LogP contribution is -2.23. The van der Waals surface area contributed by atoms with Crippen molar-refractivity contribution >= 4 is 11.3 Å². The number of benzene rings is 1. The maximum atomic E-state index is 5.73. The second-order valence-corrected chi connectivity index (χ2v) is 5.73. The highest BCUT2D eigenvalue weighted by Gasteiger charge is 2.05. The van der Waals surface area contributed by atoms with Gasteiger partial charge in [0.1, 0.15) is 12.4 Å². The van der Waals surface area contributed by atoms with Gasteiger partial charge in [-0.1, -0.05) is 12.1 Å². The van der Waals surface area contributed by atoms with E-state index in [4.69, 9.17) is 10.5 Å². The second kappa shape index (κ2) is 7.38. The molecule has 0 saturated heterocycles. The van der Waals surface area contributed by atoms with Crippen molar-refractivity contribution in [3.8, 4) is 5.75 Å². The first-order valence-electron chi connectivity index (χ1n) is 6.68. The van der Waals surface area contributed by atoms with Crippen molar-refractivity contribution < 1.29 is 4.74 Å². The van der Waals surface area contributed by atoms with Gasteiger partial charge in [-0.3, -0.25) is 4.90 Å². The number of likely N-dealkylation sites (N-methyl/N-ethyl adjacent to an activating group) is 1. The summed E-state index contributed by atoms with van der Waals surface area (Å²) in [4.78, 5) is 7.83. The number of nitrogens with zero attached hydrogens (tertiary/aromatic N) is 2. The molecule has 0 aliphatic rings. The number of aromatic nitrogens is 1. The molecule has 0 aliphatic carbocycles. The first kappa shape index (κ1) is 15.0. The van der Waals surface area contributed by atoms with Gasteiger partial charge in [0.15, 0.2) is 0 Å². The van der Waals surface area contributed by atoms with Crippen LogP contribution in [0.15, 0.2) is 29.8 Å². The molecule has 2 aromatic rings. The van der Waals surface area contributed by atoms with E-state index >= 15 is 0 Å². The molecular formula is C15H21N3OS. The highest BCUT2D eigenvalue weighted by molar-refractivity contribution is 7.09. The van der Waals surface area contributed by atoms with Crippen molar-refractivity contribution in [2.24, 2.45) is 5.73 Å². The maximum absolute atomic E-state index is 5.73. The Bertz CT molecular complexity index is 524. The smallest absolute Gasteiger partial charge is 0.119 e. The van der Waals surface area contributed by atoms with E-state index in [2.05, 4.69) is 23.9 Å². The number of nitrogens with two attached hydrogens (primary N) is 1. The molecule has 0 aliphatic heterocycles. The number of thiazole rings is 1. The van der Waals surface area contributed by atoms with E-state index in [1.54, 1.807) is 11.3 Å². The topological polar surface area (TPSA) is 51.4 Å². The van der Waals surface area contributed by atoms with E-state index in [0.29, 0.717) is 13.2 Å². The van der Waals surface area contributed by atoms with Gasteiger partial charge in [0.05, 0.1) is 11.2 Å². The number of rotatable bonds is 7. The standard InChI is InChI=1S/C15H21N3OS/c1-12-15(20-11-17-12)10-18(2)7-8-19-14-5-3-13(9-16)4-6-14/h3-6,11H,7-10,16H2,1-2H3. The van der Waals surface area contributed by atoms with Crippen LogP contribution < -0.4 is 10.5 Å². The molecule has 4 nitrogen and oxygen atoms in total. The third kappa shape index (κ3) is 4.30. The molecule has 1 aromatic carbocycles. The molecule has 0 atom stereocenters. The van der Waals surface area contributed by atoms with Crippen LogP contribution in [0.25, 0.3) is 0 Å². The number of aryl methyl sites for hydroxylation is 1. The molecular weight excluding hydrogens is 270 g/mol. The summed E-state index contributed by atoms with van der Waals surface area (Å²) < 4.78 is 5.73. The normalized spacial score (nSPS) is 11.0. The van der Waals surface area contributed by atoms with Crippen molar-refractivity contribution in [3.63, 3.8) is 0 Å². The Morgan fingerprint density at radius 3 is 2.65 bits per heavy atom. The Labute approximate surface area is 124 Å². The number of hydrogen-bond acceptors (Lipinski definition) is 5. The molecule has 1 heterocycles. The quantitative estimate of drug-likeness (QED) is 0.851. The molecule has 0 bridgehead atoms. The van der Waals surface area contributed by atoms with Crippen molar-refractivity contribution in [1.29, 1.82) is 0 Å². The van der Waals surface area contributed by atoms with E-state index in [9.17, 15) is 0 Å². The van der Waals surface area contributed by atoms with Crippen LogP contribution >= 0.6 is 11.3 Å². The minimum absolute atomic E-state index is 0.567. The van der Waals surface area contributed by atoms with Crippen LogP contribution in [-0.2, 0) is 13.1 Å². The van der Waals surface area contributed by atoms with Gasteiger partial charge in [-0.15, -0.1) is 11.3 Å². The van der Waals surface area contributed by atoms with E-state index in [1.807, 2.05) is 29.8 Å². The van der Waals surface area contributed by atoms with Crippen LogP contribution in [0.2, 0.25) is 0 Å². The molecule has 1 aromatic heterocycles. The lowest BCUT2D eigenvalue weighted by molar-refractivity contribution is 0.233. The van der Waals surface area contributed by atoms with Gasteiger partial charge >= 0.3 is 0 Å². The molecule has 0 unspecified atom stereocenters. The van der Waals surface area contributed by atoms with Gasteiger partial charge in [-0.2, -0.15) is 0 Å². The second-order valence-electron chi connectivity index (χ2n) is 4.80. The van der Waals surface area contributed by atoms with Gasteiger partial charge in [-0.25, -0.2) is 4.98 Å².